The molecule has 0 saturated heterocycles. The van der Waals surface area contributed by atoms with E-state index in [1.54, 1.807) is 43.3 Å². The van der Waals surface area contributed by atoms with Gasteiger partial charge in [-0.05, 0) is 92.6 Å². The molecule has 0 heterocycles. The Morgan fingerprint density at radius 3 is 2.13 bits per heavy atom. The summed E-state index contributed by atoms with van der Waals surface area (Å²) in [7, 11) is -3.75. The van der Waals surface area contributed by atoms with Crippen LogP contribution in [0.2, 0.25) is 5.02 Å². The molecule has 31 heavy (non-hydrogen) atoms. The molecule has 3 aromatic carbocycles. The third kappa shape index (κ3) is 5.99. The number of aryl methyl sites for hydroxylation is 2. The molecule has 0 spiro atoms. The van der Waals surface area contributed by atoms with Crippen LogP contribution in [0.1, 0.15) is 18.1 Å². The van der Waals surface area contributed by atoms with Crippen LogP contribution >= 0.6 is 11.6 Å². The Balaban J connectivity index is 1.63. The second-order valence-electron chi connectivity index (χ2n) is 7.13. The number of hydrogen-bond donors (Lipinski definition) is 2. The molecule has 0 aromatic heterocycles. The molecule has 3 rings (SSSR count). The van der Waals surface area contributed by atoms with Gasteiger partial charge in [-0.3, -0.25) is 9.52 Å². The first-order valence-electron chi connectivity index (χ1n) is 9.57. The Labute approximate surface area is 187 Å². The number of carbonyl (C=O) groups is 1. The van der Waals surface area contributed by atoms with E-state index < -0.39 is 16.1 Å². The Morgan fingerprint density at radius 2 is 1.52 bits per heavy atom. The van der Waals surface area contributed by atoms with Gasteiger partial charge in [0.1, 0.15) is 5.75 Å². The molecule has 1 amide bonds. The fourth-order valence-corrected chi connectivity index (χ4v) is 3.93. The number of nitrogens with one attached hydrogen (secondary N) is 2. The predicted molar refractivity (Wildman–Crippen MR) is 123 cm³/mol. The van der Waals surface area contributed by atoms with Crippen molar-refractivity contribution < 1.29 is 17.9 Å². The Kier molecular flexibility index (Phi) is 6.87. The maximum atomic E-state index is 12.6. The third-order valence-corrected chi connectivity index (χ3v) is 6.34. The highest BCUT2D eigenvalue weighted by Crippen LogP contribution is 2.21. The highest BCUT2D eigenvalue weighted by atomic mass is 35.5. The molecule has 0 unspecified atom stereocenters. The van der Waals surface area contributed by atoms with E-state index in [0.29, 0.717) is 22.1 Å². The fourth-order valence-electron chi connectivity index (χ4n) is 2.75. The molecule has 162 valence electrons. The van der Waals surface area contributed by atoms with Crippen molar-refractivity contribution in [2.24, 2.45) is 0 Å². The highest BCUT2D eigenvalue weighted by Gasteiger charge is 2.17. The summed E-state index contributed by atoms with van der Waals surface area (Å²) in [6.07, 6.45) is -0.754. The van der Waals surface area contributed by atoms with Crippen molar-refractivity contribution in [3.05, 3.63) is 82.9 Å². The molecule has 0 aliphatic rings. The smallest absolute Gasteiger partial charge is 0.265 e. The van der Waals surface area contributed by atoms with Crippen LogP contribution in [0.5, 0.6) is 5.75 Å². The van der Waals surface area contributed by atoms with Gasteiger partial charge in [-0.15, -0.1) is 0 Å². The van der Waals surface area contributed by atoms with Gasteiger partial charge >= 0.3 is 0 Å². The lowest BCUT2D eigenvalue weighted by Gasteiger charge is -2.15. The molecule has 3 aromatic rings. The molecule has 1 atom stereocenters. The summed E-state index contributed by atoms with van der Waals surface area (Å²) in [6, 6.07) is 18.0. The molecule has 0 radical (unpaired) electrons. The Hall–Kier alpha value is -3.03. The van der Waals surface area contributed by atoms with Gasteiger partial charge in [-0.2, -0.15) is 0 Å². The Morgan fingerprint density at radius 1 is 0.903 bits per heavy atom. The van der Waals surface area contributed by atoms with Crippen molar-refractivity contribution >= 4 is 38.9 Å². The first-order valence-corrected chi connectivity index (χ1v) is 11.4. The van der Waals surface area contributed by atoms with Crippen molar-refractivity contribution in [2.45, 2.75) is 31.8 Å². The van der Waals surface area contributed by atoms with Gasteiger partial charge in [0.05, 0.1) is 4.90 Å². The van der Waals surface area contributed by atoms with Crippen LogP contribution in [0.3, 0.4) is 0 Å². The van der Waals surface area contributed by atoms with Gasteiger partial charge in [0, 0.05) is 16.4 Å². The second kappa shape index (κ2) is 9.41. The average molecular weight is 459 g/mol. The number of ether oxygens (including phenoxy) is 1. The molecular weight excluding hydrogens is 436 g/mol. The normalized spacial score (nSPS) is 12.1. The van der Waals surface area contributed by atoms with Gasteiger partial charge in [0.2, 0.25) is 0 Å². The molecule has 0 bridgehead atoms. The second-order valence-corrected chi connectivity index (χ2v) is 9.25. The minimum absolute atomic E-state index is 0.0918. The molecule has 0 fully saturated rings. The first-order chi connectivity index (χ1) is 14.6. The summed E-state index contributed by atoms with van der Waals surface area (Å²) in [6.45, 7) is 5.50. The first kappa shape index (κ1) is 22.7. The van der Waals surface area contributed by atoms with Crippen LogP contribution in [0.15, 0.2) is 71.6 Å². The zero-order valence-corrected chi connectivity index (χ0v) is 18.9. The molecular formula is C23H23ClN2O4S. The van der Waals surface area contributed by atoms with E-state index in [2.05, 4.69) is 10.0 Å². The topological polar surface area (TPSA) is 84.5 Å². The van der Waals surface area contributed by atoms with Crippen LogP contribution in [0.25, 0.3) is 0 Å². The van der Waals surface area contributed by atoms with Crippen LogP contribution < -0.4 is 14.8 Å². The third-order valence-electron chi connectivity index (χ3n) is 4.69. The van der Waals surface area contributed by atoms with Gasteiger partial charge in [0.15, 0.2) is 6.10 Å². The van der Waals surface area contributed by atoms with Crippen LogP contribution in [0.4, 0.5) is 11.4 Å². The van der Waals surface area contributed by atoms with E-state index in [0.717, 1.165) is 11.1 Å². The minimum Gasteiger partial charge on any atom is -0.481 e. The van der Waals surface area contributed by atoms with E-state index >= 15 is 0 Å². The quantitative estimate of drug-likeness (QED) is 0.512. The van der Waals surface area contributed by atoms with Gasteiger partial charge in [0.25, 0.3) is 15.9 Å². The number of amides is 1. The summed E-state index contributed by atoms with van der Waals surface area (Å²) in [5.41, 5.74) is 3.03. The molecule has 0 aliphatic heterocycles. The van der Waals surface area contributed by atoms with Gasteiger partial charge in [-0.25, -0.2) is 8.42 Å². The van der Waals surface area contributed by atoms with Crippen molar-refractivity contribution in [3.8, 4) is 5.75 Å². The monoisotopic (exact) mass is 458 g/mol. The van der Waals surface area contributed by atoms with Gasteiger partial charge < -0.3 is 10.1 Å². The zero-order chi connectivity index (χ0) is 22.6. The lowest BCUT2D eigenvalue weighted by atomic mass is 10.1. The predicted octanol–water partition coefficient (Wildman–Crippen LogP) is 5.16. The lowest BCUT2D eigenvalue weighted by Crippen LogP contribution is -2.30. The van der Waals surface area contributed by atoms with Crippen LogP contribution in [-0.4, -0.2) is 20.4 Å². The number of benzene rings is 3. The van der Waals surface area contributed by atoms with Crippen LogP contribution in [0, 0.1) is 13.8 Å². The lowest BCUT2D eigenvalue weighted by molar-refractivity contribution is -0.122. The SMILES string of the molecule is Cc1ccc(NS(=O)(=O)c2ccc(NC(=O)[C@H](C)Oc3ccc(Cl)cc3)cc2)cc1C. The highest BCUT2D eigenvalue weighted by molar-refractivity contribution is 7.92. The zero-order valence-electron chi connectivity index (χ0n) is 17.3. The van der Waals surface area contributed by atoms with E-state index in [1.807, 2.05) is 19.9 Å². The maximum Gasteiger partial charge on any atom is 0.265 e. The van der Waals surface area contributed by atoms with Crippen LogP contribution in [-0.2, 0) is 14.8 Å². The minimum atomic E-state index is -3.75. The largest absolute Gasteiger partial charge is 0.481 e. The molecule has 8 heteroatoms. The van der Waals surface area contributed by atoms with E-state index in [-0.39, 0.29) is 10.8 Å². The summed E-state index contributed by atoms with van der Waals surface area (Å²) in [5.74, 6) is 0.157. The fraction of sp³-hybridized carbons (Fsp3) is 0.174. The number of hydrogen-bond acceptors (Lipinski definition) is 4. The summed E-state index contributed by atoms with van der Waals surface area (Å²) in [4.78, 5) is 12.5. The average Bonchev–Trinajstić information content (AvgIpc) is 2.72. The molecule has 0 aliphatic carbocycles. The number of sulfonamides is 1. The molecule has 6 nitrogen and oxygen atoms in total. The van der Waals surface area contributed by atoms with Crippen molar-refractivity contribution in [3.63, 3.8) is 0 Å². The Bertz CT molecular complexity index is 1180. The molecule has 0 saturated carbocycles. The van der Waals surface area contributed by atoms with E-state index in [1.165, 1.54) is 24.3 Å². The summed E-state index contributed by atoms with van der Waals surface area (Å²) >= 11 is 5.84. The van der Waals surface area contributed by atoms with Crippen molar-refractivity contribution in [2.75, 3.05) is 10.0 Å². The number of rotatable bonds is 7. The summed E-state index contributed by atoms with van der Waals surface area (Å²) < 4.78 is 33.4. The van der Waals surface area contributed by atoms with E-state index in [4.69, 9.17) is 16.3 Å². The number of halogens is 1. The maximum absolute atomic E-state index is 12.6. The molecule has 2 N–H and O–H groups in total. The van der Waals surface area contributed by atoms with Crippen molar-refractivity contribution in [1.29, 1.82) is 0 Å². The number of carbonyl (C=O) groups excluding carboxylic acids is 1. The van der Waals surface area contributed by atoms with Gasteiger partial charge in [-0.1, -0.05) is 17.7 Å². The van der Waals surface area contributed by atoms with Crippen molar-refractivity contribution in [1.82, 2.24) is 0 Å². The van der Waals surface area contributed by atoms with E-state index in [9.17, 15) is 13.2 Å². The standard InChI is InChI=1S/C23H23ClN2O4S/c1-15-4-7-20(14-16(15)2)26-31(28,29)22-12-8-19(9-13-22)25-23(27)17(3)30-21-10-5-18(24)6-11-21/h4-14,17,26H,1-3H3,(H,25,27)/t17-/m0/s1. The number of anilines is 2. The summed E-state index contributed by atoms with van der Waals surface area (Å²) in [5, 5.41) is 3.29.